The van der Waals surface area contributed by atoms with Gasteiger partial charge in [0.05, 0.1) is 40.7 Å². The van der Waals surface area contributed by atoms with Gasteiger partial charge in [-0.25, -0.2) is 9.80 Å². The molecule has 4 N–H and O–H groups in total. The van der Waals surface area contributed by atoms with Crippen LogP contribution in [0.25, 0.3) is 22.3 Å². The number of benzene rings is 5. The quantitative estimate of drug-likeness (QED) is 0.169. The maximum atomic E-state index is 13.8. The highest BCUT2D eigenvalue weighted by molar-refractivity contribution is 6.36. The van der Waals surface area contributed by atoms with Crippen LogP contribution in [0.1, 0.15) is 53.9 Å². The number of rotatable bonds is 6. The number of methoxy groups -OCH3 is 1. The number of hydrogen-bond donors (Lipinski definition) is 2. The van der Waals surface area contributed by atoms with Gasteiger partial charge in [-0.2, -0.15) is 0 Å². The molecule has 0 atom stereocenters. The van der Waals surface area contributed by atoms with Crippen molar-refractivity contribution in [3.05, 3.63) is 125 Å². The van der Waals surface area contributed by atoms with Crippen LogP contribution in [0, 0.1) is 0 Å². The zero-order chi connectivity index (χ0) is 32.3. The average Bonchev–Trinajstić information content (AvgIpc) is 3.47. The van der Waals surface area contributed by atoms with Crippen LogP contribution in [-0.4, -0.2) is 30.7 Å². The zero-order valence-electron chi connectivity index (χ0n) is 25.0. The fourth-order valence-electron chi connectivity index (χ4n) is 6.06. The van der Waals surface area contributed by atoms with Crippen LogP contribution >= 0.6 is 0 Å². The molecule has 9 heteroatoms. The van der Waals surface area contributed by atoms with E-state index in [9.17, 15) is 19.2 Å². The van der Waals surface area contributed by atoms with E-state index in [1.807, 2.05) is 31.2 Å². The van der Waals surface area contributed by atoms with Gasteiger partial charge in [0.2, 0.25) is 0 Å². The minimum absolute atomic E-state index is 0.166. The largest absolute Gasteiger partial charge is 0.494 e. The molecule has 0 spiro atoms. The molecule has 0 aliphatic carbocycles. The average molecular weight is 609 g/mol. The second-order valence-electron chi connectivity index (χ2n) is 11.2. The highest BCUT2D eigenvalue weighted by Crippen LogP contribution is 2.42. The minimum Gasteiger partial charge on any atom is -0.494 e. The maximum Gasteiger partial charge on any atom is 0.266 e. The second kappa shape index (κ2) is 10.7. The standard InChI is InChI=1S/C37H28N4O5/c1-3-20-18-32(41-35(43)28-15-9-24(17-30(28)37(41)45)22-6-12-26(39)13-7-22)33(46-2)19-31(20)40-34(42)27-14-8-23(16-29(27)36(40)44)21-4-10-25(38)11-5-21/h4-19H,3,38-39H2,1-2H3. The zero-order valence-corrected chi connectivity index (χ0v) is 25.0. The Morgan fingerprint density at radius 3 is 1.37 bits per heavy atom. The molecule has 0 aromatic heterocycles. The van der Waals surface area contributed by atoms with Crippen LogP contribution in [-0.2, 0) is 6.42 Å². The number of anilines is 4. The van der Waals surface area contributed by atoms with Crippen molar-refractivity contribution in [3.63, 3.8) is 0 Å². The summed E-state index contributed by atoms with van der Waals surface area (Å²) >= 11 is 0. The molecular formula is C37H28N4O5. The Morgan fingerprint density at radius 2 is 0.935 bits per heavy atom. The van der Waals surface area contributed by atoms with Crippen LogP contribution in [0.2, 0.25) is 0 Å². The van der Waals surface area contributed by atoms with Crippen molar-refractivity contribution in [1.29, 1.82) is 0 Å². The summed E-state index contributed by atoms with van der Waals surface area (Å²) in [6.45, 7) is 1.87. The van der Waals surface area contributed by atoms with E-state index in [4.69, 9.17) is 16.2 Å². The number of hydrogen-bond acceptors (Lipinski definition) is 7. The third-order valence-corrected chi connectivity index (χ3v) is 8.50. The van der Waals surface area contributed by atoms with E-state index >= 15 is 0 Å². The molecule has 46 heavy (non-hydrogen) atoms. The lowest BCUT2D eigenvalue weighted by Crippen LogP contribution is -2.32. The SMILES string of the molecule is CCc1cc(N2C(=O)c3ccc(-c4ccc(N)cc4)cc3C2=O)c(OC)cc1N1C(=O)c2ccc(-c3ccc(N)cc3)cc2C1=O. The summed E-state index contributed by atoms with van der Waals surface area (Å²) in [6, 6.07) is 28.0. The number of aryl methyl sites for hydroxylation is 1. The summed E-state index contributed by atoms with van der Waals surface area (Å²) < 4.78 is 5.67. The summed E-state index contributed by atoms with van der Waals surface area (Å²) in [5, 5.41) is 0. The van der Waals surface area contributed by atoms with E-state index in [0.29, 0.717) is 29.0 Å². The van der Waals surface area contributed by atoms with Crippen LogP contribution in [0.4, 0.5) is 22.7 Å². The Labute approximate surface area is 264 Å². The monoisotopic (exact) mass is 608 g/mol. The fourth-order valence-corrected chi connectivity index (χ4v) is 6.06. The smallest absolute Gasteiger partial charge is 0.266 e. The summed E-state index contributed by atoms with van der Waals surface area (Å²) in [5.74, 6) is -1.77. The molecule has 0 fully saturated rings. The van der Waals surface area contributed by atoms with Crippen LogP contribution in [0.15, 0.2) is 97.1 Å². The lowest BCUT2D eigenvalue weighted by Gasteiger charge is -2.23. The number of fused-ring (bicyclic) bond motifs is 2. The first-order valence-electron chi connectivity index (χ1n) is 14.7. The molecule has 7 rings (SSSR count). The summed E-state index contributed by atoms with van der Waals surface area (Å²) in [6.07, 6.45) is 0.404. The van der Waals surface area contributed by atoms with Gasteiger partial charge in [0, 0.05) is 17.4 Å². The van der Waals surface area contributed by atoms with Crippen molar-refractivity contribution < 1.29 is 23.9 Å². The Kier molecular flexibility index (Phi) is 6.67. The number of carbonyl (C=O) groups is 4. The number of imide groups is 2. The third-order valence-electron chi connectivity index (χ3n) is 8.50. The number of nitrogens with zero attached hydrogens (tertiary/aromatic N) is 2. The van der Waals surface area contributed by atoms with Crippen molar-refractivity contribution in [2.45, 2.75) is 13.3 Å². The normalized spacial score (nSPS) is 13.8. The number of nitrogen functional groups attached to an aromatic ring is 2. The molecule has 9 nitrogen and oxygen atoms in total. The Bertz CT molecular complexity index is 1970. The Hall–Kier alpha value is -6.22. The van der Waals surface area contributed by atoms with Crippen molar-refractivity contribution in [2.24, 2.45) is 0 Å². The van der Waals surface area contributed by atoms with Gasteiger partial charge in [-0.1, -0.05) is 43.3 Å². The van der Waals surface area contributed by atoms with Crippen LogP contribution < -0.4 is 26.0 Å². The van der Waals surface area contributed by atoms with Gasteiger partial charge in [0.1, 0.15) is 5.75 Å². The van der Waals surface area contributed by atoms with E-state index in [0.717, 1.165) is 32.1 Å². The second-order valence-corrected chi connectivity index (χ2v) is 11.2. The molecule has 2 heterocycles. The molecule has 0 unspecified atom stereocenters. The Morgan fingerprint density at radius 1 is 0.522 bits per heavy atom. The highest BCUT2D eigenvalue weighted by Gasteiger charge is 2.41. The molecule has 4 amide bonds. The van der Waals surface area contributed by atoms with Gasteiger partial charge < -0.3 is 16.2 Å². The van der Waals surface area contributed by atoms with Gasteiger partial charge >= 0.3 is 0 Å². The van der Waals surface area contributed by atoms with Crippen molar-refractivity contribution in [3.8, 4) is 28.0 Å². The molecule has 5 aromatic rings. The molecule has 226 valence electrons. The summed E-state index contributed by atoms with van der Waals surface area (Å²) in [5.41, 5.74) is 18.4. The first-order valence-corrected chi connectivity index (χ1v) is 14.7. The van der Waals surface area contributed by atoms with E-state index in [1.165, 1.54) is 7.11 Å². The lowest BCUT2D eigenvalue weighted by molar-refractivity contribution is 0.0908. The van der Waals surface area contributed by atoms with Crippen molar-refractivity contribution in [1.82, 2.24) is 0 Å². The van der Waals surface area contributed by atoms with Gasteiger partial charge in [0.25, 0.3) is 23.6 Å². The van der Waals surface area contributed by atoms with Gasteiger partial charge in [-0.15, -0.1) is 0 Å². The first kappa shape index (κ1) is 28.5. The molecule has 2 aliphatic rings. The van der Waals surface area contributed by atoms with E-state index < -0.39 is 23.6 Å². The predicted octanol–water partition coefficient (Wildman–Crippen LogP) is 6.36. The molecule has 0 radical (unpaired) electrons. The van der Waals surface area contributed by atoms with Crippen molar-refractivity contribution in [2.75, 3.05) is 28.4 Å². The summed E-state index contributed by atoms with van der Waals surface area (Å²) in [7, 11) is 1.41. The number of carbonyl (C=O) groups excluding carboxylic acids is 4. The highest BCUT2D eigenvalue weighted by atomic mass is 16.5. The maximum absolute atomic E-state index is 13.8. The number of ether oxygens (including phenoxy) is 1. The van der Waals surface area contributed by atoms with Crippen LogP contribution in [0.5, 0.6) is 5.75 Å². The van der Waals surface area contributed by atoms with E-state index in [2.05, 4.69) is 0 Å². The molecule has 0 saturated heterocycles. The molecule has 0 bridgehead atoms. The van der Waals surface area contributed by atoms with Gasteiger partial charge in [-0.3, -0.25) is 19.2 Å². The molecule has 5 aromatic carbocycles. The number of nitrogens with two attached hydrogens (primary N) is 2. The van der Waals surface area contributed by atoms with Gasteiger partial charge in [0.15, 0.2) is 0 Å². The first-order chi connectivity index (χ1) is 22.2. The number of amides is 4. The lowest BCUT2D eigenvalue weighted by atomic mass is 10.00. The Balaban J connectivity index is 1.25. The van der Waals surface area contributed by atoms with Crippen LogP contribution in [0.3, 0.4) is 0 Å². The van der Waals surface area contributed by atoms with E-state index in [1.54, 1.807) is 72.8 Å². The summed E-state index contributed by atoms with van der Waals surface area (Å²) in [4.78, 5) is 57.1. The van der Waals surface area contributed by atoms with E-state index in [-0.39, 0.29) is 33.7 Å². The third kappa shape index (κ3) is 4.40. The van der Waals surface area contributed by atoms with Crippen molar-refractivity contribution >= 4 is 46.4 Å². The topological polar surface area (TPSA) is 136 Å². The minimum atomic E-state index is -0.499. The molecule has 2 aliphatic heterocycles. The van der Waals surface area contributed by atoms with Gasteiger partial charge in [-0.05, 0) is 88.8 Å². The molecule has 0 saturated carbocycles. The fraction of sp³-hybridized carbons (Fsp3) is 0.0811. The molecular weight excluding hydrogens is 580 g/mol. The predicted molar refractivity (Wildman–Crippen MR) is 177 cm³/mol.